The van der Waals surface area contributed by atoms with Crippen LogP contribution in [0.15, 0.2) is 152 Å². The second-order valence-electron chi connectivity index (χ2n) is 10.7. The molecule has 2 amide bonds. The highest BCUT2D eigenvalue weighted by atomic mass is 16.2. The van der Waals surface area contributed by atoms with Crippen LogP contribution in [0, 0.1) is 0 Å². The molecule has 0 N–H and O–H groups in total. The lowest BCUT2D eigenvalue weighted by Gasteiger charge is -2.24. The quantitative estimate of drug-likeness (QED) is 0.179. The molecule has 0 aliphatic carbocycles. The fourth-order valence-electron chi connectivity index (χ4n) is 5.90. The van der Waals surface area contributed by atoms with Crippen LogP contribution in [0.5, 0.6) is 0 Å². The molecule has 44 heavy (non-hydrogen) atoms. The molecular weight excluding hydrogens is 542 g/mol. The maximum atomic E-state index is 14.1. The van der Waals surface area contributed by atoms with Crippen molar-refractivity contribution >= 4 is 51.2 Å². The Kier molecular flexibility index (Phi) is 6.97. The highest BCUT2D eigenvalue weighted by molar-refractivity contribution is 6.13. The van der Waals surface area contributed by atoms with Gasteiger partial charge in [-0.1, -0.05) is 84.9 Å². The molecule has 1 heterocycles. The average Bonchev–Trinajstić information content (AvgIpc) is 3.43. The fourth-order valence-corrected chi connectivity index (χ4v) is 5.90. The summed E-state index contributed by atoms with van der Waals surface area (Å²) in [6.07, 6.45) is 0.758. The molecule has 0 spiro atoms. The summed E-state index contributed by atoms with van der Waals surface area (Å²) in [5, 5.41) is 2.28. The first-order valence-electron chi connectivity index (χ1n) is 14.5. The van der Waals surface area contributed by atoms with Crippen LogP contribution in [0.2, 0.25) is 0 Å². The molecule has 5 heteroatoms. The molecule has 1 aromatic heterocycles. The number of rotatable bonds is 7. The molecule has 0 fully saturated rings. The lowest BCUT2D eigenvalue weighted by molar-refractivity contribution is -0.106. The molecule has 0 aliphatic rings. The van der Waals surface area contributed by atoms with E-state index in [1.54, 1.807) is 11.9 Å². The summed E-state index contributed by atoms with van der Waals surface area (Å²) in [6.45, 7) is 0. The molecule has 0 bridgehead atoms. The van der Waals surface area contributed by atoms with Gasteiger partial charge in [-0.25, -0.2) is 0 Å². The van der Waals surface area contributed by atoms with Crippen LogP contribution in [0.3, 0.4) is 0 Å². The van der Waals surface area contributed by atoms with Crippen molar-refractivity contribution in [1.82, 2.24) is 4.57 Å². The molecule has 0 unspecified atom stereocenters. The zero-order chi connectivity index (χ0) is 30.0. The van der Waals surface area contributed by atoms with Crippen LogP contribution < -0.4 is 9.80 Å². The van der Waals surface area contributed by atoms with Gasteiger partial charge in [-0.2, -0.15) is 0 Å². The number of carbonyl (C=O) groups excluding carboxylic acids is 2. The first-order valence-corrected chi connectivity index (χ1v) is 14.5. The molecule has 0 aliphatic heterocycles. The molecular formula is C39H29N3O2. The molecule has 7 aromatic rings. The van der Waals surface area contributed by atoms with Gasteiger partial charge in [0.1, 0.15) is 0 Å². The standard InChI is InChI=1S/C39H29N3O2/c1-40(30-13-5-2-6-14-30)39(44)35-26-29(21-23-36(35)41(27-43)31-15-7-3-8-16-31)28-22-24-38-34(25-28)33-19-11-12-20-37(33)42(38)32-17-9-4-10-18-32/h2-27H,1H3. The Morgan fingerprint density at radius 2 is 1.16 bits per heavy atom. The number of nitrogens with zero attached hydrogens (tertiary/aromatic N) is 3. The van der Waals surface area contributed by atoms with Crippen LogP contribution in [0.25, 0.3) is 38.6 Å². The van der Waals surface area contributed by atoms with Crippen molar-refractivity contribution in [2.75, 3.05) is 16.8 Å². The van der Waals surface area contributed by atoms with Crippen LogP contribution in [0.1, 0.15) is 10.4 Å². The number of fused-ring (bicyclic) bond motifs is 3. The SMILES string of the molecule is CN(C(=O)c1cc(-c2ccc3c(c2)c2ccccc2n3-c2ccccc2)ccc1N(C=O)c1ccccc1)c1ccccc1. The Morgan fingerprint density at radius 3 is 1.86 bits per heavy atom. The molecule has 0 saturated heterocycles. The van der Waals surface area contributed by atoms with Gasteiger partial charge in [0.15, 0.2) is 0 Å². The van der Waals surface area contributed by atoms with Crippen molar-refractivity contribution in [2.24, 2.45) is 0 Å². The topological polar surface area (TPSA) is 45.6 Å². The summed E-state index contributed by atoms with van der Waals surface area (Å²) in [4.78, 5) is 29.7. The minimum Gasteiger partial charge on any atom is -0.311 e. The van der Waals surface area contributed by atoms with Gasteiger partial charge in [0.25, 0.3) is 5.91 Å². The Bertz CT molecular complexity index is 2120. The van der Waals surface area contributed by atoms with E-state index in [0.29, 0.717) is 16.9 Å². The maximum absolute atomic E-state index is 14.1. The molecule has 212 valence electrons. The highest BCUT2D eigenvalue weighted by Gasteiger charge is 2.23. The van der Waals surface area contributed by atoms with Gasteiger partial charge in [0, 0.05) is 34.9 Å². The maximum Gasteiger partial charge on any atom is 0.260 e. The molecule has 7 rings (SSSR count). The van der Waals surface area contributed by atoms with Gasteiger partial charge in [-0.05, 0) is 77.9 Å². The minimum atomic E-state index is -0.211. The molecule has 0 atom stereocenters. The number of anilines is 3. The lowest BCUT2D eigenvalue weighted by Crippen LogP contribution is -2.28. The number of carbonyl (C=O) groups is 2. The van der Waals surface area contributed by atoms with Crippen molar-refractivity contribution < 1.29 is 9.59 Å². The van der Waals surface area contributed by atoms with Crippen LogP contribution >= 0.6 is 0 Å². The van der Waals surface area contributed by atoms with Crippen molar-refractivity contribution in [1.29, 1.82) is 0 Å². The molecule has 6 aromatic carbocycles. The van der Waals surface area contributed by atoms with Crippen molar-refractivity contribution in [2.45, 2.75) is 0 Å². The van der Waals surface area contributed by atoms with Crippen LogP contribution in [-0.4, -0.2) is 23.9 Å². The van der Waals surface area contributed by atoms with Gasteiger partial charge < -0.3 is 9.47 Å². The smallest absolute Gasteiger partial charge is 0.260 e. The third-order valence-electron chi connectivity index (χ3n) is 8.09. The van der Waals surface area contributed by atoms with E-state index in [9.17, 15) is 9.59 Å². The number of para-hydroxylation sites is 4. The summed E-state index contributed by atoms with van der Waals surface area (Å²) in [5.41, 5.74) is 7.59. The number of aromatic nitrogens is 1. The van der Waals surface area contributed by atoms with Crippen LogP contribution in [0.4, 0.5) is 17.1 Å². The van der Waals surface area contributed by atoms with E-state index in [2.05, 4.69) is 71.3 Å². The monoisotopic (exact) mass is 571 g/mol. The van der Waals surface area contributed by atoms with Gasteiger partial charge in [-0.15, -0.1) is 0 Å². The molecule has 0 radical (unpaired) electrons. The highest BCUT2D eigenvalue weighted by Crippen LogP contribution is 2.37. The Labute approximate surface area is 255 Å². The Hall–Kier alpha value is -5.94. The summed E-state index contributed by atoms with van der Waals surface area (Å²) in [7, 11) is 1.76. The van der Waals surface area contributed by atoms with E-state index >= 15 is 0 Å². The first kappa shape index (κ1) is 26.9. The first-order chi connectivity index (χ1) is 21.6. The second kappa shape index (κ2) is 11.4. The van der Waals surface area contributed by atoms with Crippen molar-refractivity contribution in [3.8, 4) is 16.8 Å². The zero-order valence-corrected chi connectivity index (χ0v) is 24.2. The Morgan fingerprint density at radius 1 is 0.591 bits per heavy atom. The predicted molar refractivity (Wildman–Crippen MR) is 180 cm³/mol. The largest absolute Gasteiger partial charge is 0.311 e. The van der Waals surface area contributed by atoms with E-state index in [4.69, 9.17) is 0 Å². The van der Waals surface area contributed by atoms with E-state index in [0.717, 1.165) is 50.7 Å². The molecule has 0 saturated carbocycles. The van der Waals surface area contributed by atoms with E-state index in [1.807, 2.05) is 84.9 Å². The normalized spacial score (nSPS) is 11.0. The van der Waals surface area contributed by atoms with Crippen molar-refractivity contribution in [3.63, 3.8) is 0 Å². The number of amides is 2. The van der Waals surface area contributed by atoms with Crippen molar-refractivity contribution in [3.05, 3.63) is 157 Å². The fraction of sp³-hybridized carbons (Fsp3) is 0.0256. The number of benzene rings is 6. The summed E-state index contributed by atoms with van der Waals surface area (Å²) >= 11 is 0. The minimum absolute atomic E-state index is 0.211. The summed E-state index contributed by atoms with van der Waals surface area (Å²) in [5.74, 6) is -0.211. The molecule has 5 nitrogen and oxygen atoms in total. The van der Waals surface area contributed by atoms with Crippen LogP contribution in [-0.2, 0) is 4.79 Å². The predicted octanol–water partition coefficient (Wildman–Crippen LogP) is 9.02. The number of hydrogen-bond acceptors (Lipinski definition) is 2. The van der Waals surface area contributed by atoms with E-state index in [1.165, 1.54) is 4.90 Å². The third-order valence-corrected chi connectivity index (χ3v) is 8.09. The average molecular weight is 572 g/mol. The third kappa shape index (κ3) is 4.71. The van der Waals surface area contributed by atoms with Gasteiger partial charge in [0.05, 0.1) is 22.3 Å². The zero-order valence-electron chi connectivity index (χ0n) is 24.2. The van der Waals surface area contributed by atoms with E-state index in [-0.39, 0.29) is 5.91 Å². The second-order valence-corrected chi connectivity index (χ2v) is 10.7. The Balaban J connectivity index is 1.40. The number of hydrogen-bond donors (Lipinski definition) is 0. The summed E-state index contributed by atoms with van der Waals surface area (Å²) < 4.78 is 2.28. The lowest BCUT2D eigenvalue weighted by atomic mass is 9.98. The van der Waals surface area contributed by atoms with Gasteiger partial charge >= 0.3 is 0 Å². The van der Waals surface area contributed by atoms with Gasteiger partial charge in [0.2, 0.25) is 6.41 Å². The van der Waals surface area contributed by atoms with Gasteiger partial charge in [-0.3, -0.25) is 14.5 Å². The summed E-state index contributed by atoms with van der Waals surface area (Å²) in [6, 6.07) is 49.8. The van der Waals surface area contributed by atoms with E-state index < -0.39 is 0 Å².